The van der Waals surface area contributed by atoms with Crippen molar-refractivity contribution in [1.29, 1.82) is 0 Å². The van der Waals surface area contributed by atoms with Crippen molar-refractivity contribution >= 4 is 11.3 Å². The highest BCUT2D eigenvalue weighted by atomic mass is 16.5. The summed E-state index contributed by atoms with van der Waals surface area (Å²) in [6.07, 6.45) is 2.60. The van der Waals surface area contributed by atoms with Gasteiger partial charge in [-0.2, -0.15) is 4.98 Å². The summed E-state index contributed by atoms with van der Waals surface area (Å²) in [5.74, 6) is 1.12. The van der Waals surface area contributed by atoms with Crippen LogP contribution in [0.3, 0.4) is 0 Å². The lowest BCUT2D eigenvalue weighted by Crippen LogP contribution is -2.15. The van der Waals surface area contributed by atoms with Crippen molar-refractivity contribution in [2.75, 3.05) is 7.11 Å². The third kappa shape index (κ3) is 2.82. The zero-order chi connectivity index (χ0) is 15.5. The van der Waals surface area contributed by atoms with Gasteiger partial charge in [-0.15, -0.1) is 0 Å². The van der Waals surface area contributed by atoms with E-state index in [0.717, 1.165) is 29.1 Å². The first-order valence-corrected chi connectivity index (χ1v) is 7.16. The van der Waals surface area contributed by atoms with E-state index >= 15 is 0 Å². The molecule has 114 valence electrons. The average Bonchev–Trinajstić information content (AvgIpc) is 2.96. The molecule has 0 saturated heterocycles. The van der Waals surface area contributed by atoms with Crippen molar-refractivity contribution in [2.24, 2.45) is 4.99 Å². The molecule has 22 heavy (non-hydrogen) atoms. The Morgan fingerprint density at radius 1 is 1.32 bits per heavy atom. The summed E-state index contributed by atoms with van der Waals surface area (Å²) in [6.45, 7) is 4.30. The second-order valence-electron chi connectivity index (χ2n) is 5.30. The molecule has 0 N–H and O–H groups in total. The zero-order valence-corrected chi connectivity index (χ0v) is 12.9. The SMILES string of the molecule is COCc1nc(C2=C(C)N=C(C)CC2c2ccccn2)no1. The maximum absolute atomic E-state index is 5.23. The molecule has 3 rings (SSSR count). The van der Waals surface area contributed by atoms with Gasteiger partial charge in [-0.3, -0.25) is 9.98 Å². The van der Waals surface area contributed by atoms with Crippen LogP contribution in [0.15, 0.2) is 39.6 Å². The fourth-order valence-electron chi connectivity index (χ4n) is 2.74. The molecule has 1 aliphatic heterocycles. The Hall–Kier alpha value is -2.34. The van der Waals surface area contributed by atoms with Gasteiger partial charge in [-0.05, 0) is 32.4 Å². The number of hydrogen-bond donors (Lipinski definition) is 0. The molecule has 0 amide bonds. The van der Waals surface area contributed by atoms with Crippen molar-refractivity contribution in [3.05, 3.63) is 47.5 Å². The Kier molecular flexibility index (Phi) is 4.11. The Bertz CT molecular complexity index is 719. The minimum absolute atomic E-state index is 0.0895. The van der Waals surface area contributed by atoms with E-state index in [2.05, 4.69) is 20.1 Å². The number of methoxy groups -OCH3 is 1. The Morgan fingerprint density at radius 2 is 2.18 bits per heavy atom. The van der Waals surface area contributed by atoms with E-state index in [1.165, 1.54) is 0 Å². The van der Waals surface area contributed by atoms with Gasteiger partial charge in [0.05, 0.1) is 0 Å². The summed E-state index contributed by atoms with van der Waals surface area (Å²) in [6, 6.07) is 5.92. The topological polar surface area (TPSA) is 73.4 Å². The predicted molar refractivity (Wildman–Crippen MR) is 82.3 cm³/mol. The van der Waals surface area contributed by atoms with E-state index in [4.69, 9.17) is 9.26 Å². The largest absolute Gasteiger partial charge is 0.375 e. The quantitative estimate of drug-likeness (QED) is 0.867. The molecule has 1 atom stereocenters. The van der Waals surface area contributed by atoms with Crippen LogP contribution in [0.2, 0.25) is 0 Å². The van der Waals surface area contributed by atoms with Gasteiger partial charge in [0.15, 0.2) is 0 Å². The van der Waals surface area contributed by atoms with Gasteiger partial charge in [0.2, 0.25) is 5.82 Å². The molecule has 0 radical (unpaired) electrons. The molecule has 0 bridgehead atoms. The van der Waals surface area contributed by atoms with Crippen molar-refractivity contribution in [1.82, 2.24) is 15.1 Å². The van der Waals surface area contributed by atoms with Crippen LogP contribution < -0.4 is 0 Å². The monoisotopic (exact) mass is 298 g/mol. The molecule has 0 aliphatic carbocycles. The standard InChI is InChI=1S/C16H18N4O2/c1-10-8-12(13-6-4-5-7-17-13)15(11(2)18-10)16-19-14(9-21-3)22-20-16/h4-7,12H,8-9H2,1-3H3. The summed E-state index contributed by atoms with van der Waals surface area (Å²) in [5.41, 5.74) is 3.95. The molecule has 0 fully saturated rings. The summed E-state index contributed by atoms with van der Waals surface area (Å²) < 4.78 is 10.3. The maximum Gasteiger partial charge on any atom is 0.252 e. The van der Waals surface area contributed by atoms with E-state index in [1.807, 2.05) is 32.0 Å². The van der Waals surface area contributed by atoms with E-state index in [0.29, 0.717) is 18.3 Å². The molecule has 6 heteroatoms. The fourth-order valence-corrected chi connectivity index (χ4v) is 2.74. The van der Waals surface area contributed by atoms with Crippen LogP contribution >= 0.6 is 0 Å². The summed E-state index contributed by atoms with van der Waals surface area (Å²) in [7, 11) is 1.60. The van der Waals surface area contributed by atoms with Crippen LogP contribution in [-0.4, -0.2) is 27.9 Å². The van der Waals surface area contributed by atoms with Gasteiger partial charge in [-0.25, -0.2) is 0 Å². The first kappa shape index (κ1) is 14.6. The first-order chi connectivity index (χ1) is 10.7. The van der Waals surface area contributed by atoms with E-state index in [9.17, 15) is 0 Å². The lowest BCUT2D eigenvalue weighted by atomic mass is 9.86. The number of ether oxygens (including phenoxy) is 1. The second-order valence-corrected chi connectivity index (χ2v) is 5.30. The van der Waals surface area contributed by atoms with Crippen LogP contribution in [-0.2, 0) is 11.3 Å². The molecule has 1 unspecified atom stereocenters. The third-order valence-corrected chi connectivity index (χ3v) is 3.62. The minimum Gasteiger partial charge on any atom is -0.375 e. The summed E-state index contributed by atoms with van der Waals surface area (Å²) in [5, 5.41) is 4.09. The highest BCUT2D eigenvalue weighted by Gasteiger charge is 2.29. The molecular weight excluding hydrogens is 280 g/mol. The van der Waals surface area contributed by atoms with Crippen LogP contribution in [0.5, 0.6) is 0 Å². The van der Waals surface area contributed by atoms with E-state index < -0.39 is 0 Å². The predicted octanol–water partition coefficient (Wildman–Crippen LogP) is 2.99. The Morgan fingerprint density at radius 3 is 2.91 bits per heavy atom. The number of nitrogens with zero attached hydrogens (tertiary/aromatic N) is 4. The number of pyridine rings is 1. The van der Waals surface area contributed by atoms with E-state index in [-0.39, 0.29) is 5.92 Å². The molecule has 1 aliphatic rings. The first-order valence-electron chi connectivity index (χ1n) is 7.16. The highest BCUT2D eigenvalue weighted by Crippen LogP contribution is 2.38. The van der Waals surface area contributed by atoms with Gasteiger partial charge in [-0.1, -0.05) is 11.2 Å². The lowest BCUT2D eigenvalue weighted by molar-refractivity contribution is 0.151. The Labute approximate surface area is 128 Å². The number of aromatic nitrogens is 3. The van der Waals surface area contributed by atoms with Crippen molar-refractivity contribution in [3.63, 3.8) is 0 Å². The van der Waals surface area contributed by atoms with Crippen LogP contribution in [0.25, 0.3) is 5.57 Å². The number of hydrogen-bond acceptors (Lipinski definition) is 6. The number of allylic oxidation sites excluding steroid dienone is 2. The van der Waals surface area contributed by atoms with Gasteiger partial charge < -0.3 is 9.26 Å². The molecule has 3 heterocycles. The second kappa shape index (κ2) is 6.19. The average molecular weight is 298 g/mol. The fraction of sp³-hybridized carbons (Fsp3) is 0.375. The van der Waals surface area contributed by atoms with Gasteiger partial charge >= 0.3 is 0 Å². The summed E-state index contributed by atoms with van der Waals surface area (Å²) >= 11 is 0. The molecule has 0 saturated carbocycles. The zero-order valence-electron chi connectivity index (χ0n) is 12.9. The molecule has 6 nitrogen and oxygen atoms in total. The lowest BCUT2D eigenvalue weighted by Gasteiger charge is -2.23. The van der Waals surface area contributed by atoms with Gasteiger partial charge in [0.25, 0.3) is 5.89 Å². The molecular formula is C16H18N4O2. The van der Waals surface area contributed by atoms with Crippen molar-refractivity contribution in [2.45, 2.75) is 32.8 Å². The molecule has 2 aromatic heterocycles. The minimum atomic E-state index is 0.0895. The Balaban J connectivity index is 2.04. The van der Waals surface area contributed by atoms with Crippen molar-refractivity contribution < 1.29 is 9.26 Å². The maximum atomic E-state index is 5.23. The molecule has 0 spiro atoms. The van der Waals surface area contributed by atoms with E-state index in [1.54, 1.807) is 13.3 Å². The number of rotatable bonds is 4. The normalized spacial score (nSPS) is 18.5. The van der Waals surface area contributed by atoms with Gasteiger partial charge in [0, 0.05) is 41.9 Å². The van der Waals surface area contributed by atoms with Crippen LogP contribution in [0.1, 0.15) is 43.6 Å². The summed E-state index contributed by atoms with van der Waals surface area (Å²) in [4.78, 5) is 13.5. The third-order valence-electron chi connectivity index (χ3n) is 3.62. The molecule has 0 aromatic carbocycles. The molecule has 2 aromatic rings. The van der Waals surface area contributed by atoms with Crippen molar-refractivity contribution in [3.8, 4) is 0 Å². The highest BCUT2D eigenvalue weighted by molar-refractivity contribution is 5.90. The smallest absolute Gasteiger partial charge is 0.252 e. The van der Waals surface area contributed by atoms with Gasteiger partial charge in [0.1, 0.15) is 6.61 Å². The van der Waals surface area contributed by atoms with Crippen LogP contribution in [0.4, 0.5) is 0 Å². The number of aliphatic imine (C=N–C) groups is 1. The van der Waals surface area contributed by atoms with Crippen LogP contribution in [0, 0.1) is 0 Å².